The number of quaternary nitrogens is 1. The lowest BCUT2D eigenvalue weighted by molar-refractivity contribution is -0.870. The Morgan fingerprint density at radius 3 is 1.63 bits per heavy atom. The molecule has 10 nitrogen and oxygen atoms in total. The van der Waals surface area contributed by atoms with E-state index in [-0.39, 0.29) is 32.2 Å². The largest absolute Gasteiger partial charge is 0.472 e. The molecule has 0 fully saturated rings. The summed E-state index contributed by atoms with van der Waals surface area (Å²) in [5.41, 5.74) is 0. The number of hydrogen-bond acceptors (Lipinski definition) is 8. The Hall–Kier alpha value is -2.59. The van der Waals surface area contributed by atoms with E-state index >= 15 is 0 Å². The zero-order valence-electron chi connectivity index (χ0n) is 36.4. The molecule has 0 spiro atoms. The van der Waals surface area contributed by atoms with Gasteiger partial charge in [0.15, 0.2) is 6.10 Å². The molecule has 0 bridgehead atoms. The maximum absolute atomic E-state index is 12.7. The number of hydrogen-bond donors (Lipinski definition) is 2. The molecule has 328 valence electrons. The lowest BCUT2D eigenvalue weighted by Gasteiger charge is -2.24. The van der Waals surface area contributed by atoms with Crippen LogP contribution in [0.15, 0.2) is 72.9 Å². The van der Waals surface area contributed by atoms with Crippen LogP contribution in [0, 0.1) is 0 Å². The molecule has 2 N–H and O–H groups in total. The number of aliphatic hydroxyl groups excluding tert-OH is 1. The fraction of sp³-hybridized carbons (Fsp3) is 0.696. The Morgan fingerprint density at radius 2 is 1.09 bits per heavy atom. The molecule has 0 radical (unpaired) electrons. The molecule has 0 saturated carbocycles. The van der Waals surface area contributed by atoms with Gasteiger partial charge in [-0.25, -0.2) is 4.57 Å². The van der Waals surface area contributed by atoms with Gasteiger partial charge < -0.3 is 24.0 Å². The first kappa shape index (κ1) is 54.4. The van der Waals surface area contributed by atoms with E-state index in [0.29, 0.717) is 30.3 Å². The Bertz CT molecular complexity index is 1220. The van der Waals surface area contributed by atoms with Crippen molar-refractivity contribution in [1.82, 2.24) is 0 Å². The van der Waals surface area contributed by atoms with Gasteiger partial charge in [0, 0.05) is 12.8 Å². The Labute approximate surface area is 347 Å². The summed E-state index contributed by atoms with van der Waals surface area (Å²) in [5, 5.41) is 9.28. The summed E-state index contributed by atoms with van der Waals surface area (Å²) < 4.78 is 34.2. The summed E-state index contributed by atoms with van der Waals surface area (Å²) in [4.78, 5) is 35.3. The number of phosphoric acid groups is 1. The predicted octanol–water partition coefficient (Wildman–Crippen LogP) is 11.2. The molecule has 0 aromatic rings. The predicted molar refractivity (Wildman–Crippen MR) is 235 cm³/mol. The highest BCUT2D eigenvalue weighted by atomic mass is 31.2. The number of rotatable bonds is 38. The molecule has 3 atom stereocenters. The van der Waals surface area contributed by atoms with Crippen LogP contribution >= 0.6 is 7.82 Å². The average molecular weight is 823 g/mol. The quantitative estimate of drug-likeness (QED) is 0.0206. The van der Waals surface area contributed by atoms with Crippen LogP contribution in [0.25, 0.3) is 0 Å². The van der Waals surface area contributed by atoms with Gasteiger partial charge in [-0.3, -0.25) is 18.6 Å². The first-order valence-electron chi connectivity index (χ1n) is 21.7. The third kappa shape index (κ3) is 42.8. The van der Waals surface area contributed by atoms with Crippen LogP contribution in [0.2, 0.25) is 0 Å². The smallest absolute Gasteiger partial charge is 0.462 e. The summed E-state index contributed by atoms with van der Waals surface area (Å²) >= 11 is 0. The van der Waals surface area contributed by atoms with Crippen molar-refractivity contribution in [1.29, 1.82) is 0 Å². The zero-order valence-corrected chi connectivity index (χ0v) is 37.3. The average Bonchev–Trinajstić information content (AvgIpc) is 3.14. The van der Waals surface area contributed by atoms with E-state index in [1.54, 1.807) is 0 Å². The highest BCUT2D eigenvalue weighted by Crippen LogP contribution is 2.43. The lowest BCUT2D eigenvalue weighted by atomic mass is 10.1. The minimum absolute atomic E-state index is 0.00970. The summed E-state index contributed by atoms with van der Waals surface area (Å²) in [6.45, 7) is 3.83. The molecule has 11 heteroatoms. The number of allylic oxidation sites excluding steroid dienone is 12. The van der Waals surface area contributed by atoms with Crippen LogP contribution in [0.3, 0.4) is 0 Å². The van der Waals surface area contributed by atoms with Gasteiger partial charge in [-0.05, 0) is 96.8 Å². The molecule has 57 heavy (non-hydrogen) atoms. The van der Waals surface area contributed by atoms with E-state index in [1.807, 2.05) is 34.1 Å². The maximum atomic E-state index is 12.7. The van der Waals surface area contributed by atoms with E-state index in [1.165, 1.54) is 25.7 Å². The van der Waals surface area contributed by atoms with E-state index in [2.05, 4.69) is 73.8 Å². The standard InChI is InChI=1S/C46H80NO9P/c1-6-7-8-9-10-11-12-13-15-19-22-25-28-31-34-37-45(49)53-41-44(42-55-57(51,52)54-40-39-47(3,4)5)56-46(50)38-35-32-29-26-23-20-17-14-16-18-21-24-27-30-33-36-43(2)48/h10-11,13,15-18,20,24,26-27,29,43-44,48H,6-9,12,14,19,21-23,25,28,30-42H2,1-5H3/p+1/b11-10-,15-13-,18-16-,20-17-,27-24-,29-26-/t43-,44+/m0/s1. The third-order valence-electron chi connectivity index (χ3n) is 8.73. The molecule has 0 aliphatic carbocycles. The fourth-order valence-corrected chi connectivity index (χ4v) is 6.03. The van der Waals surface area contributed by atoms with Crippen molar-refractivity contribution in [2.24, 2.45) is 0 Å². The molecule has 0 aromatic heterocycles. The molecular weight excluding hydrogens is 741 g/mol. The number of phosphoric ester groups is 1. The van der Waals surface area contributed by atoms with Crippen LogP contribution in [0.1, 0.15) is 149 Å². The van der Waals surface area contributed by atoms with E-state index in [4.69, 9.17) is 18.5 Å². The topological polar surface area (TPSA) is 129 Å². The second-order valence-electron chi connectivity index (χ2n) is 15.7. The van der Waals surface area contributed by atoms with Crippen LogP contribution in [0.4, 0.5) is 0 Å². The molecule has 0 amide bonds. The molecule has 0 aliphatic heterocycles. The van der Waals surface area contributed by atoms with Crippen LogP contribution in [-0.4, -0.2) is 86.1 Å². The Balaban J connectivity index is 4.51. The second-order valence-corrected chi connectivity index (χ2v) is 17.1. The first-order valence-corrected chi connectivity index (χ1v) is 23.2. The zero-order chi connectivity index (χ0) is 42.3. The highest BCUT2D eigenvalue weighted by Gasteiger charge is 2.27. The van der Waals surface area contributed by atoms with Gasteiger partial charge in [0.25, 0.3) is 0 Å². The fourth-order valence-electron chi connectivity index (χ4n) is 5.29. The van der Waals surface area contributed by atoms with Crippen molar-refractivity contribution in [2.45, 2.75) is 161 Å². The number of likely N-dealkylation sites (N-methyl/N-ethyl adjacent to an activating group) is 1. The number of aliphatic hydroxyl groups is 1. The SMILES string of the molecule is CCCCC/C=C\C/C=C\CCCCCCCC(=O)OC[C@H](COP(=O)(O)OCC[N+](C)(C)C)OC(=O)CCC/C=C\C/C=C\C/C=C\C/C=C\CCC[C@H](C)O. The van der Waals surface area contributed by atoms with Crippen LogP contribution < -0.4 is 0 Å². The van der Waals surface area contributed by atoms with E-state index in [9.17, 15) is 24.2 Å². The van der Waals surface area contributed by atoms with Crippen molar-refractivity contribution in [2.75, 3.05) is 47.5 Å². The maximum Gasteiger partial charge on any atom is 0.472 e. The number of ether oxygens (including phenoxy) is 2. The van der Waals surface area contributed by atoms with E-state index < -0.39 is 32.5 Å². The second kappa shape index (κ2) is 37.7. The third-order valence-corrected chi connectivity index (χ3v) is 9.71. The van der Waals surface area contributed by atoms with Gasteiger partial charge in [-0.15, -0.1) is 0 Å². The summed E-state index contributed by atoms with van der Waals surface area (Å²) in [6.07, 6.45) is 43.7. The van der Waals surface area contributed by atoms with Crippen molar-refractivity contribution in [3.8, 4) is 0 Å². The Kier molecular flexibility index (Phi) is 36.0. The summed E-state index contributed by atoms with van der Waals surface area (Å²) in [6, 6.07) is 0. The molecule has 0 saturated heterocycles. The van der Waals surface area contributed by atoms with Gasteiger partial charge in [0.05, 0.1) is 33.9 Å². The number of esters is 2. The lowest BCUT2D eigenvalue weighted by Crippen LogP contribution is -2.37. The molecule has 0 rings (SSSR count). The first-order chi connectivity index (χ1) is 27.3. The minimum Gasteiger partial charge on any atom is -0.462 e. The van der Waals surface area contributed by atoms with Gasteiger partial charge >= 0.3 is 19.8 Å². The number of unbranched alkanes of at least 4 members (excludes halogenated alkanes) is 10. The molecule has 0 heterocycles. The molecular formula is C46H81NO9P+. The van der Waals surface area contributed by atoms with Gasteiger partial charge in [-0.2, -0.15) is 0 Å². The summed E-state index contributed by atoms with van der Waals surface area (Å²) in [5.74, 6) is -0.904. The number of carbonyl (C=O) groups excluding carboxylic acids is 2. The number of nitrogens with zero attached hydrogens (tertiary/aromatic N) is 1. The monoisotopic (exact) mass is 823 g/mol. The molecule has 1 unspecified atom stereocenters. The number of carbonyl (C=O) groups is 2. The van der Waals surface area contributed by atoms with Crippen molar-refractivity contribution < 1.29 is 47.2 Å². The van der Waals surface area contributed by atoms with Gasteiger partial charge in [0.2, 0.25) is 0 Å². The van der Waals surface area contributed by atoms with Crippen LogP contribution in [-0.2, 0) is 32.7 Å². The van der Waals surface area contributed by atoms with Crippen LogP contribution in [0.5, 0.6) is 0 Å². The van der Waals surface area contributed by atoms with Crippen molar-refractivity contribution in [3.63, 3.8) is 0 Å². The Morgan fingerprint density at radius 1 is 0.614 bits per heavy atom. The highest BCUT2D eigenvalue weighted by molar-refractivity contribution is 7.47. The molecule has 0 aliphatic rings. The summed E-state index contributed by atoms with van der Waals surface area (Å²) in [7, 11) is 1.40. The van der Waals surface area contributed by atoms with E-state index in [0.717, 1.165) is 77.0 Å². The minimum atomic E-state index is -4.40. The normalized spacial score (nSPS) is 14.9. The van der Waals surface area contributed by atoms with Gasteiger partial charge in [0.1, 0.15) is 19.8 Å². The van der Waals surface area contributed by atoms with Gasteiger partial charge in [-0.1, -0.05) is 112 Å². The van der Waals surface area contributed by atoms with Crippen molar-refractivity contribution >= 4 is 19.8 Å². The van der Waals surface area contributed by atoms with Crippen molar-refractivity contribution in [3.05, 3.63) is 72.9 Å². The molecule has 0 aromatic carbocycles.